The lowest BCUT2D eigenvalue weighted by atomic mass is 9.55. The van der Waals surface area contributed by atoms with E-state index in [9.17, 15) is 0 Å². The Hall–Kier alpha value is -13.5. The van der Waals surface area contributed by atoms with Gasteiger partial charge in [0.15, 0.2) is 34.9 Å². The second-order valence-electron chi connectivity index (χ2n) is 34.1. The summed E-state index contributed by atoms with van der Waals surface area (Å²) in [6.45, 7) is 23.9. The number of benzene rings is 14. The van der Waals surface area contributed by atoms with Crippen molar-refractivity contribution in [3.05, 3.63) is 337 Å². The maximum absolute atomic E-state index is 7.07. The molecule has 114 heavy (non-hydrogen) atoms. The van der Waals surface area contributed by atoms with Gasteiger partial charge in [-0.05, 0) is 161 Å². The van der Waals surface area contributed by atoms with Gasteiger partial charge < -0.3 is 13.6 Å². The van der Waals surface area contributed by atoms with E-state index in [1.54, 1.807) is 0 Å². The molecule has 0 bridgehead atoms. The van der Waals surface area contributed by atoms with Gasteiger partial charge in [-0.3, -0.25) is 0 Å². The first-order valence-corrected chi connectivity index (χ1v) is 39.7. The number of furan rings is 1. The highest BCUT2D eigenvalue weighted by molar-refractivity contribution is 6.18. The SMILES string of the molecule is CC1(C)c2ccccc2-c2ccc(-c3nc(-c4ccc(-c5cccc6c5oc5cccc(-c7nc(-c8ccccc8)nc(-c8cccc(-n9c%10ccccc%10c%10cc%11c(cc%109)-c9ccccc9C(C)(C)C%11(C)C)c8)n7)c56)cc4)nc(-c4cccc(-n5c6ccccc6c6c7c(ccc65)C(C)(C)C(C)(C)c5ccccc5-7)c4)n3)cc21. The van der Waals surface area contributed by atoms with Gasteiger partial charge >= 0.3 is 0 Å². The normalized spacial score (nSPS) is 15.1. The van der Waals surface area contributed by atoms with Gasteiger partial charge in [-0.15, -0.1) is 0 Å². The quantitative estimate of drug-likeness (QED) is 0.142. The lowest BCUT2D eigenvalue weighted by Crippen LogP contribution is -2.43. The monoisotopic (exact) mass is 1470 g/mol. The van der Waals surface area contributed by atoms with Crippen molar-refractivity contribution < 1.29 is 4.42 Å². The molecule has 0 fully saturated rings. The predicted molar refractivity (Wildman–Crippen MR) is 468 cm³/mol. The van der Waals surface area contributed by atoms with Gasteiger partial charge in [-0.1, -0.05) is 306 Å². The molecule has 14 aromatic carbocycles. The molecule has 3 aliphatic rings. The van der Waals surface area contributed by atoms with Crippen molar-refractivity contribution in [2.45, 2.75) is 96.3 Å². The molecule has 0 spiro atoms. The van der Waals surface area contributed by atoms with Crippen LogP contribution in [0.25, 0.3) is 190 Å². The van der Waals surface area contributed by atoms with E-state index >= 15 is 0 Å². The molecule has 0 N–H and O–H groups in total. The number of rotatable bonds is 9. The molecule has 546 valence electrons. The maximum atomic E-state index is 7.07. The Morgan fingerprint density at radius 3 is 1.36 bits per heavy atom. The second kappa shape index (κ2) is 24.3. The van der Waals surface area contributed by atoms with Crippen molar-refractivity contribution in [2.75, 3.05) is 0 Å². The summed E-state index contributed by atoms with van der Waals surface area (Å²) in [6, 6.07) is 110. The highest BCUT2D eigenvalue weighted by atomic mass is 16.3. The second-order valence-corrected chi connectivity index (χ2v) is 34.1. The Bertz CT molecular complexity index is 7330. The maximum Gasteiger partial charge on any atom is 0.164 e. The number of nitrogens with zero attached hydrogens (tertiary/aromatic N) is 8. The first-order valence-electron chi connectivity index (χ1n) is 39.7. The molecule has 0 unspecified atom stereocenters. The molecule has 9 nitrogen and oxygen atoms in total. The first-order chi connectivity index (χ1) is 55.3. The van der Waals surface area contributed by atoms with Crippen LogP contribution in [0.15, 0.2) is 308 Å². The molecule has 0 radical (unpaired) electrons. The average molecular weight is 1470 g/mol. The minimum absolute atomic E-state index is 0.0942. The van der Waals surface area contributed by atoms with E-state index in [1.165, 1.54) is 88.3 Å². The molecule has 22 rings (SSSR count). The van der Waals surface area contributed by atoms with Crippen molar-refractivity contribution in [1.29, 1.82) is 0 Å². The van der Waals surface area contributed by atoms with Crippen LogP contribution in [0.3, 0.4) is 0 Å². The molecular weight excluding hydrogens is 1390 g/mol. The van der Waals surface area contributed by atoms with Gasteiger partial charge in [0.1, 0.15) is 11.2 Å². The Kier molecular flexibility index (Phi) is 14.3. The zero-order valence-electron chi connectivity index (χ0n) is 65.4. The van der Waals surface area contributed by atoms with Crippen LogP contribution in [0, 0.1) is 0 Å². The standard InChI is InChI=1S/C105H80N8O/c1-101(2)80-42-19-14-34-70(80)72-53-52-66(58-84(72)101)99-108-96(107-97(109-99)64-30-24-32-67(56-64)112-87-46-23-18-38-75(87)93-88(112)55-54-83-92(93)74-37-16-21-44-82(74)103(5,6)104(83,7)8)63-50-48-61(49-51-63)69-39-26-40-76-91-77(41-27-47-90(91)114-94(69)76)100-110-95(62-28-12-11-13-29-62)106-98(111-100)65-31-25-33-68(57-65)113-86-45-22-17-36-73(86)79-59-85-78(60-89(79)113)71-35-15-20-43-81(71)102(3,4)105(85,9)10/h11-60H,1-10H3. The van der Waals surface area contributed by atoms with E-state index in [4.69, 9.17) is 34.3 Å². The molecule has 5 heterocycles. The molecular formula is C105H80N8O. The van der Waals surface area contributed by atoms with Gasteiger partial charge in [0.2, 0.25) is 0 Å². The average Bonchev–Trinajstić information content (AvgIpc) is 0.978. The molecule has 0 saturated heterocycles. The van der Waals surface area contributed by atoms with Gasteiger partial charge in [-0.25, -0.2) is 29.9 Å². The Morgan fingerprint density at radius 2 is 0.684 bits per heavy atom. The Morgan fingerprint density at radius 1 is 0.237 bits per heavy atom. The molecule has 3 aliphatic carbocycles. The largest absolute Gasteiger partial charge is 0.455 e. The van der Waals surface area contributed by atoms with E-state index in [0.29, 0.717) is 34.9 Å². The number of hydrogen-bond donors (Lipinski definition) is 0. The van der Waals surface area contributed by atoms with E-state index in [1.807, 2.05) is 30.3 Å². The van der Waals surface area contributed by atoms with E-state index in [-0.39, 0.29) is 27.1 Å². The molecule has 0 saturated carbocycles. The minimum atomic E-state index is -0.233. The van der Waals surface area contributed by atoms with Crippen LogP contribution >= 0.6 is 0 Å². The van der Waals surface area contributed by atoms with Gasteiger partial charge in [0.25, 0.3) is 0 Å². The molecule has 0 atom stereocenters. The van der Waals surface area contributed by atoms with Gasteiger partial charge in [0, 0.05) is 88.1 Å². The smallest absolute Gasteiger partial charge is 0.164 e. The summed E-state index contributed by atoms with van der Waals surface area (Å²) < 4.78 is 11.9. The zero-order valence-corrected chi connectivity index (χ0v) is 65.4. The van der Waals surface area contributed by atoms with Crippen molar-refractivity contribution in [1.82, 2.24) is 39.0 Å². The predicted octanol–water partition coefficient (Wildman–Crippen LogP) is 26.6. The van der Waals surface area contributed by atoms with Crippen LogP contribution in [0.5, 0.6) is 0 Å². The van der Waals surface area contributed by atoms with Crippen molar-refractivity contribution in [3.63, 3.8) is 0 Å². The summed E-state index contributed by atoms with van der Waals surface area (Å²) in [5, 5.41) is 6.79. The molecule has 0 amide bonds. The van der Waals surface area contributed by atoms with Crippen LogP contribution in [0.4, 0.5) is 0 Å². The van der Waals surface area contributed by atoms with Crippen LogP contribution < -0.4 is 0 Å². The lowest BCUT2D eigenvalue weighted by molar-refractivity contribution is 0.299. The fourth-order valence-corrected chi connectivity index (χ4v) is 19.6. The van der Waals surface area contributed by atoms with Crippen molar-refractivity contribution >= 4 is 65.6 Å². The third-order valence-corrected chi connectivity index (χ3v) is 27.0. The highest BCUT2D eigenvalue weighted by Crippen LogP contribution is 2.59. The van der Waals surface area contributed by atoms with Crippen molar-refractivity contribution in [3.8, 4) is 124 Å². The third-order valence-electron chi connectivity index (χ3n) is 27.0. The Balaban J connectivity index is 0.651. The number of aromatic nitrogens is 8. The zero-order chi connectivity index (χ0) is 77.1. The summed E-state index contributed by atoms with van der Waals surface area (Å²) in [6.07, 6.45) is 0. The third kappa shape index (κ3) is 9.65. The fourth-order valence-electron chi connectivity index (χ4n) is 19.6. The summed E-state index contributed by atoms with van der Waals surface area (Å²) in [7, 11) is 0. The summed E-state index contributed by atoms with van der Waals surface area (Å²) >= 11 is 0. The molecule has 19 aromatic rings. The van der Waals surface area contributed by atoms with Gasteiger partial charge in [-0.2, -0.15) is 0 Å². The lowest BCUT2D eigenvalue weighted by Gasteiger charge is -2.48. The van der Waals surface area contributed by atoms with E-state index < -0.39 is 0 Å². The number of fused-ring (bicyclic) bond motifs is 19. The molecule has 9 heteroatoms. The van der Waals surface area contributed by atoms with E-state index in [2.05, 4.69) is 351 Å². The topological polar surface area (TPSA) is 100 Å². The first kappa shape index (κ1) is 67.4. The highest BCUT2D eigenvalue weighted by Gasteiger charge is 2.48. The van der Waals surface area contributed by atoms with Crippen LogP contribution in [-0.4, -0.2) is 39.0 Å². The van der Waals surface area contributed by atoms with Crippen LogP contribution in [-0.2, 0) is 27.1 Å². The summed E-state index contributed by atoms with van der Waals surface area (Å²) in [4.78, 5) is 32.5. The Labute approximate surface area is 662 Å². The summed E-state index contributed by atoms with van der Waals surface area (Å²) in [5.74, 6) is 3.43. The van der Waals surface area contributed by atoms with Crippen LogP contribution in [0.1, 0.15) is 103 Å². The fraction of sp³-hybridized carbons (Fsp3) is 0.143. The van der Waals surface area contributed by atoms with E-state index in [0.717, 1.165) is 99.9 Å². The number of para-hydroxylation sites is 3. The van der Waals surface area contributed by atoms with Gasteiger partial charge in [0.05, 0.1) is 22.1 Å². The number of hydrogen-bond acceptors (Lipinski definition) is 7. The van der Waals surface area contributed by atoms with Crippen molar-refractivity contribution in [2.24, 2.45) is 0 Å². The minimum Gasteiger partial charge on any atom is -0.455 e. The molecule has 0 aliphatic heterocycles. The summed E-state index contributed by atoms with van der Waals surface area (Å²) in [5.41, 5.74) is 30.3. The van der Waals surface area contributed by atoms with Crippen LogP contribution in [0.2, 0.25) is 0 Å². The molecule has 5 aromatic heterocycles.